The number of carbonyl (C=O) groups excluding carboxylic acids is 3. The second kappa shape index (κ2) is 7.44. The molecule has 1 aliphatic carbocycles. The first kappa shape index (κ1) is 17.7. The summed E-state index contributed by atoms with van der Waals surface area (Å²) < 4.78 is 5.83. The van der Waals surface area contributed by atoms with E-state index in [-0.39, 0.29) is 41.9 Å². The molecule has 8 nitrogen and oxygen atoms in total. The van der Waals surface area contributed by atoms with Crippen LogP contribution < -0.4 is 15.8 Å². The average molecular weight is 356 g/mol. The molecule has 1 saturated carbocycles. The van der Waals surface area contributed by atoms with Crippen LogP contribution in [0.1, 0.15) is 42.5 Å². The van der Waals surface area contributed by atoms with Crippen molar-refractivity contribution in [3.63, 3.8) is 0 Å². The molecule has 1 aromatic heterocycles. The highest BCUT2D eigenvalue weighted by Gasteiger charge is 2.42. The van der Waals surface area contributed by atoms with Gasteiger partial charge in [-0.2, -0.15) is 0 Å². The fourth-order valence-corrected chi connectivity index (χ4v) is 3.40. The van der Waals surface area contributed by atoms with Gasteiger partial charge in [0, 0.05) is 18.7 Å². The van der Waals surface area contributed by atoms with Crippen molar-refractivity contribution in [2.45, 2.75) is 50.3 Å². The van der Waals surface area contributed by atoms with Gasteiger partial charge in [-0.15, -0.1) is 12.3 Å². The van der Waals surface area contributed by atoms with Gasteiger partial charge in [0.2, 0.25) is 5.88 Å². The van der Waals surface area contributed by atoms with Gasteiger partial charge >= 0.3 is 6.03 Å². The Balaban J connectivity index is 1.60. The molecule has 1 aromatic rings. The fraction of sp³-hybridized carbons (Fsp3) is 0.444. The van der Waals surface area contributed by atoms with E-state index >= 15 is 0 Å². The van der Waals surface area contributed by atoms with Crippen molar-refractivity contribution in [3.8, 4) is 18.2 Å². The minimum atomic E-state index is -0.631. The second-order valence-electron chi connectivity index (χ2n) is 6.39. The number of rotatable bonds is 5. The number of aromatic nitrogens is 1. The predicted octanol–water partition coefficient (Wildman–Crippen LogP) is 0.814. The van der Waals surface area contributed by atoms with Gasteiger partial charge in [0.25, 0.3) is 11.8 Å². The van der Waals surface area contributed by atoms with Crippen molar-refractivity contribution in [3.05, 3.63) is 23.9 Å². The lowest BCUT2D eigenvalue weighted by Crippen LogP contribution is -2.44. The molecule has 1 aliphatic heterocycles. The Bertz CT molecular complexity index is 765. The number of imide groups is 1. The quantitative estimate of drug-likeness (QED) is 0.599. The SMILES string of the molecule is C#CCC1NC(=O)N(C2CCC(Oc3ncccc3C(N)=O)CC2)C1=O. The summed E-state index contributed by atoms with van der Waals surface area (Å²) in [5, 5.41) is 2.63. The van der Waals surface area contributed by atoms with Crippen LogP contribution in [0.3, 0.4) is 0 Å². The van der Waals surface area contributed by atoms with Gasteiger partial charge in [-0.05, 0) is 37.8 Å². The molecule has 0 spiro atoms. The molecule has 26 heavy (non-hydrogen) atoms. The van der Waals surface area contributed by atoms with Gasteiger partial charge < -0.3 is 15.8 Å². The number of hydrogen-bond acceptors (Lipinski definition) is 5. The summed E-state index contributed by atoms with van der Waals surface area (Å²) in [5.41, 5.74) is 5.57. The van der Waals surface area contributed by atoms with Crippen LogP contribution in [-0.4, -0.2) is 45.9 Å². The van der Waals surface area contributed by atoms with Gasteiger partial charge in [0.05, 0.1) is 0 Å². The zero-order valence-electron chi connectivity index (χ0n) is 14.2. The van der Waals surface area contributed by atoms with Crippen molar-refractivity contribution in [2.24, 2.45) is 5.73 Å². The molecular formula is C18H20N4O4. The summed E-state index contributed by atoms with van der Waals surface area (Å²) in [6.45, 7) is 0. The van der Waals surface area contributed by atoms with Crippen molar-refractivity contribution in [1.29, 1.82) is 0 Å². The van der Waals surface area contributed by atoms with Crippen LogP contribution in [-0.2, 0) is 4.79 Å². The highest BCUT2D eigenvalue weighted by atomic mass is 16.5. The smallest absolute Gasteiger partial charge is 0.325 e. The second-order valence-corrected chi connectivity index (χ2v) is 6.39. The Kier molecular flexibility index (Phi) is 5.07. The number of amides is 4. The number of nitrogens with zero attached hydrogens (tertiary/aromatic N) is 2. The van der Waals surface area contributed by atoms with E-state index in [2.05, 4.69) is 16.2 Å². The van der Waals surface area contributed by atoms with Crippen LogP contribution >= 0.6 is 0 Å². The molecule has 0 bridgehead atoms. The fourth-order valence-electron chi connectivity index (χ4n) is 3.40. The third-order valence-electron chi connectivity index (χ3n) is 4.70. The topological polar surface area (TPSA) is 115 Å². The summed E-state index contributed by atoms with van der Waals surface area (Å²) >= 11 is 0. The molecule has 3 N–H and O–H groups in total. The Morgan fingerprint density at radius 3 is 2.77 bits per heavy atom. The summed E-state index contributed by atoms with van der Waals surface area (Å²) in [5.74, 6) is 1.76. The zero-order valence-corrected chi connectivity index (χ0v) is 14.2. The average Bonchev–Trinajstić information content (AvgIpc) is 2.90. The molecule has 3 rings (SSSR count). The Morgan fingerprint density at radius 2 is 2.12 bits per heavy atom. The lowest BCUT2D eigenvalue weighted by molar-refractivity contribution is -0.129. The molecule has 1 atom stereocenters. The molecule has 136 valence electrons. The maximum Gasteiger partial charge on any atom is 0.325 e. The minimum absolute atomic E-state index is 0.151. The number of carbonyl (C=O) groups is 3. The van der Waals surface area contributed by atoms with E-state index in [1.807, 2.05) is 0 Å². The van der Waals surface area contributed by atoms with E-state index in [0.717, 1.165) is 0 Å². The summed E-state index contributed by atoms with van der Waals surface area (Å²) in [4.78, 5) is 41.3. The Hall–Kier alpha value is -3.08. The first-order valence-electron chi connectivity index (χ1n) is 8.49. The third-order valence-corrected chi connectivity index (χ3v) is 4.70. The zero-order chi connectivity index (χ0) is 18.7. The van der Waals surface area contributed by atoms with E-state index in [1.54, 1.807) is 12.1 Å². The highest BCUT2D eigenvalue weighted by Crippen LogP contribution is 2.29. The van der Waals surface area contributed by atoms with Crippen molar-refractivity contribution in [2.75, 3.05) is 0 Å². The normalized spacial score (nSPS) is 25.5. The van der Waals surface area contributed by atoms with E-state index in [9.17, 15) is 14.4 Å². The van der Waals surface area contributed by atoms with Gasteiger partial charge in [-0.3, -0.25) is 14.5 Å². The number of primary amides is 1. The van der Waals surface area contributed by atoms with Crippen molar-refractivity contribution >= 4 is 17.8 Å². The monoisotopic (exact) mass is 356 g/mol. The number of terminal acetylenes is 1. The molecule has 2 heterocycles. The molecule has 8 heteroatoms. The molecule has 0 radical (unpaired) electrons. The number of nitrogens with two attached hydrogens (primary N) is 1. The number of urea groups is 1. The maximum absolute atomic E-state index is 12.4. The molecule has 4 amide bonds. The maximum atomic E-state index is 12.4. The number of nitrogens with one attached hydrogen (secondary N) is 1. The van der Waals surface area contributed by atoms with E-state index < -0.39 is 11.9 Å². The van der Waals surface area contributed by atoms with Crippen molar-refractivity contribution < 1.29 is 19.1 Å². The molecular weight excluding hydrogens is 336 g/mol. The predicted molar refractivity (Wildman–Crippen MR) is 92.0 cm³/mol. The molecule has 0 aromatic carbocycles. The van der Waals surface area contributed by atoms with Crippen LogP contribution in [0.2, 0.25) is 0 Å². The van der Waals surface area contributed by atoms with Crippen LogP contribution in [0.15, 0.2) is 18.3 Å². The highest BCUT2D eigenvalue weighted by molar-refractivity contribution is 6.04. The van der Waals surface area contributed by atoms with Gasteiger partial charge in [-0.25, -0.2) is 9.78 Å². The number of ether oxygens (including phenoxy) is 1. The van der Waals surface area contributed by atoms with Gasteiger partial charge in [0.1, 0.15) is 17.7 Å². The Labute approximate surface area is 151 Å². The number of hydrogen-bond donors (Lipinski definition) is 2. The first-order valence-corrected chi connectivity index (χ1v) is 8.49. The molecule has 2 aliphatic rings. The standard InChI is InChI=1S/C18H20N4O4/c1-2-4-14-17(24)22(18(25)21-14)11-6-8-12(9-7-11)26-16-13(15(19)23)5-3-10-20-16/h1,3,5,10-12,14H,4,6-9H2,(H2,19,23)(H,21,25). The first-order chi connectivity index (χ1) is 12.5. The van der Waals surface area contributed by atoms with Crippen LogP contribution in [0, 0.1) is 12.3 Å². The lowest BCUT2D eigenvalue weighted by Gasteiger charge is -2.33. The summed E-state index contributed by atoms with van der Waals surface area (Å²) in [6.07, 6.45) is 9.31. The van der Waals surface area contributed by atoms with Gasteiger partial charge in [0.15, 0.2) is 0 Å². The summed E-state index contributed by atoms with van der Waals surface area (Å²) in [7, 11) is 0. The molecule has 2 fully saturated rings. The summed E-state index contributed by atoms with van der Waals surface area (Å²) in [6, 6.07) is 1.99. The lowest BCUT2D eigenvalue weighted by atomic mass is 9.91. The van der Waals surface area contributed by atoms with E-state index in [1.165, 1.54) is 11.1 Å². The largest absolute Gasteiger partial charge is 0.474 e. The van der Waals surface area contributed by atoms with E-state index in [4.69, 9.17) is 16.9 Å². The van der Waals surface area contributed by atoms with Crippen LogP contribution in [0.4, 0.5) is 4.79 Å². The molecule has 1 unspecified atom stereocenters. The van der Waals surface area contributed by atoms with E-state index in [0.29, 0.717) is 25.7 Å². The van der Waals surface area contributed by atoms with Crippen LogP contribution in [0.5, 0.6) is 5.88 Å². The Morgan fingerprint density at radius 1 is 1.38 bits per heavy atom. The van der Waals surface area contributed by atoms with Crippen molar-refractivity contribution in [1.82, 2.24) is 15.2 Å². The minimum Gasteiger partial charge on any atom is -0.474 e. The van der Waals surface area contributed by atoms with Gasteiger partial charge in [-0.1, -0.05) is 0 Å². The third kappa shape index (κ3) is 3.47. The van der Waals surface area contributed by atoms with Crippen LogP contribution in [0.25, 0.3) is 0 Å². The molecule has 1 saturated heterocycles. The number of pyridine rings is 1.